The van der Waals surface area contributed by atoms with Crippen molar-refractivity contribution in [2.75, 3.05) is 0 Å². The Morgan fingerprint density at radius 1 is 0.364 bits per heavy atom. The fourth-order valence-electron chi connectivity index (χ4n) is 9.58. The Morgan fingerprint density at radius 3 is 0.970 bits per heavy atom. The van der Waals surface area contributed by atoms with Crippen LogP contribution in [0.1, 0.15) is 164 Å². The summed E-state index contributed by atoms with van der Waals surface area (Å²) in [6.45, 7) is 6.79. The number of hydrogen-bond acceptors (Lipinski definition) is 7. The minimum Gasteiger partial charge on any atom is -0.477 e. The van der Waals surface area contributed by atoms with E-state index in [-0.39, 0.29) is 51.5 Å². The number of unbranched alkanes of at least 4 members (excludes halogenated alkanes) is 15. The summed E-state index contributed by atoms with van der Waals surface area (Å²) in [5.41, 5.74) is 11.1. The first-order valence-electron chi connectivity index (χ1n) is 33.9. The number of hydrogen-bond donors (Lipinski definition) is 1. The molecular formula is C85H91F4Ir2N6O2-2. The van der Waals surface area contributed by atoms with E-state index >= 15 is 0 Å². The van der Waals surface area contributed by atoms with Gasteiger partial charge in [0.2, 0.25) is 0 Å². The summed E-state index contributed by atoms with van der Waals surface area (Å²) in [5.74, 6) is -3.46. The van der Waals surface area contributed by atoms with Gasteiger partial charge in [0.05, 0.1) is 0 Å². The van der Waals surface area contributed by atoms with Crippen molar-refractivity contribution >= 4 is 5.97 Å². The molecule has 0 fully saturated rings. The maximum absolute atomic E-state index is 13.2. The number of aromatic nitrogens is 6. The Hall–Kier alpha value is -8.51. The van der Waals surface area contributed by atoms with Crippen LogP contribution in [0.5, 0.6) is 0 Å². The molecular weight excluding hydrogens is 1600 g/mol. The molecule has 11 rings (SSSR count). The quantitative estimate of drug-likeness (QED) is 0.0324. The van der Waals surface area contributed by atoms with E-state index in [1.165, 1.54) is 164 Å². The van der Waals surface area contributed by atoms with Crippen LogP contribution in [0, 0.1) is 53.6 Å². The van der Waals surface area contributed by atoms with Crippen LogP contribution in [0.2, 0.25) is 0 Å². The average molecular weight is 1690 g/mol. The second-order valence-electron chi connectivity index (χ2n) is 22.7. The number of halogens is 4. The van der Waals surface area contributed by atoms with Crippen molar-refractivity contribution in [2.24, 2.45) is 0 Å². The van der Waals surface area contributed by atoms with E-state index in [0.717, 1.165) is 64.1 Å². The molecule has 8 nitrogen and oxygen atoms in total. The van der Waals surface area contributed by atoms with E-state index in [2.05, 4.69) is 136 Å². The Labute approximate surface area is 613 Å². The molecule has 6 aromatic heterocycles. The first-order valence-corrected chi connectivity index (χ1v) is 33.9. The molecule has 5 aromatic carbocycles. The Kier molecular flexibility index (Phi) is 46.6. The van der Waals surface area contributed by atoms with E-state index < -0.39 is 29.2 Å². The third kappa shape index (κ3) is 37.9. The van der Waals surface area contributed by atoms with E-state index in [9.17, 15) is 22.4 Å². The minimum atomic E-state index is -0.990. The Morgan fingerprint density at radius 2 is 0.707 bits per heavy atom. The molecule has 11 aromatic rings. The number of aromatic carboxylic acids is 1. The SMILES string of the molecule is CCCCCCCCc1c[c-]c(-c2ccccn2)cc1.CCCCCCCCc1c[c-]c(-c2ccccn2)cc1.CCCCCCCCc1c[c-]c(-c2ccccn2)cc1.Fc1c[c-]c(-c2ccccn2)c(F)c1.Fc1c[c-]cc(F)c1.O=C(O)c1ccccn1.[Ir+3].[Ir].c1ccncc1. The molecule has 0 amide bonds. The molecule has 0 spiro atoms. The van der Waals surface area contributed by atoms with Gasteiger partial charge >= 0.3 is 26.1 Å². The van der Waals surface area contributed by atoms with Gasteiger partial charge in [0.15, 0.2) is 0 Å². The maximum Gasteiger partial charge on any atom is 3.00 e. The molecule has 99 heavy (non-hydrogen) atoms. The van der Waals surface area contributed by atoms with Gasteiger partial charge in [-0.25, -0.2) is 9.78 Å². The van der Waals surface area contributed by atoms with Crippen LogP contribution in [-0.2, 0) is 59.5 Å². The van der Waals surface area contributed by atoms with Crippen LogP contribution < -0.4 is 0 Å². The predicted molar refractivity (Wildman–Crippen MR) is 386 cm³/mol. The molecule has 0 saturated carbocycles. The fraction of sp³-hybridized carbons (Fsp3) is 0.282. The number of aryl methyl sites for hydroxylation is 3. The van der Waals surface area contributed by atoms with E-state index in [1.807, 2.05) is 91.4 Å². The molecule has 14 heteroatoms. The Balaban J connectivity index is 0.000000310. The average Bonchev–Trinajstić information content (AvgIpc) is 0.947. The van der Waals surface area contributed by atoms with E-state index in [1.54, 1.807) is 48.9 Å². The number of nitrogens with zero attached hydrogens (tertiary/aromatic N) is 6. The first-order chi connectivity index (χ1) is 47.6. The molecule has 0 saturated heterocycles. The molecule has 521 valence electrons. The van der Waals surface area contributed by atoms with Gasteiger partial charge in [0, 0.05) is 86.8 Å². The van der Waals surface area contributed by atoms with Gasteiger partial charge in [0.1, 0.15) is 5.69 Å². The summed E-state index contributed by atoms with van der Waals surface area (Å²) in [5, 5.41) is 8.32. The van der Waals surface area contributed by atoms with Crippen LogP contribution in [0.3, 0.4) is 0 Å². The number of carboxylic acids is 1. The minimum absolute atomic E-state index is 0. The molecule has 6 heterocycles. The van der Waals surface area contributed by atoms with Crippen LogP contribution >= 0.6 is 0 Å². The van der Waals surface area contributed by atoms with Gasteiger partial charge in [-0.2, -0.15) is 6.07 Å². The summed E-state index contributed by atoms with van der Waals surface area (Å²) in [7, 11) is 0. The van der Waals surface area contributed by atoms with Crippen molar-refractivity contribution in [3.8, 4) is 45.0 Å². The summed E-state index contributed by atoms with van der Waals surface area (Å²) in [6.07, 6.45) is 39.8. The largest absolute Gasteiger partial charge is 3.00 e. The number of carboxylic acid groups (broad SMARTS) is 1. The van der Waals surface area contributed by atoms with Crippen molar-refractivity contribution < 1.29 is 67.7 Å². The normalized spacial score (nSPS) is 9.93. The zero-order chi connectivity index (χ0) is 69.0. The van der Waals surface area contributed by atoms with Gasteiger partial charge in [0.25, 0.3) is 0 Å². The second kappa shape index (κ2) is 54.4. The van der Waals surface area contributed by atoms with E-state index in [0.29, 0.717) is 5.69 Å². The van der Waals surface area contributed by atoms with Gasteiger partial charge in [-0.15, -0.1) is 137 Å². The molecule has 0 aliphatic carbocycles. The van der Waals surface area contributed by atoms with Crippen molar-refractivity contribution in [1.29, 1.82) is 0 Å². The third-order valence-electron chi connectivity index (χ3n) is 14.9. The molecule has 0 unspecified atom stereocenters. The number of benzene rings is 5. The zero-order valence-corrected chi connectivity index (χ0v) is 61.9. The molecule has 0 bridgehead atoms. The molecule has 0 atom stereocenters. The standard InChI is InChI=1S/3C19H24N.C11H6F2N.C6H3F2.C6H5NO2.C5H5N.2Ir/c3*1-2-3-4-5-6-7-10-17-12-14-18(15-13-17)19-11-8-9-16-20-19;12-8-4-5-9(10(13)7-8)11-3-1-2-6-14-11;7-5-2-1-3-6(8)4-5;8-6(9)5-3-1-2-4-7-5;1-2-4-6-5-3-1;;/h3*8-9,11-14,16H,2-7,10H2,1H3;1-4,6-7H;2-4H;1-4H,(H,8,9);1-5H;;/q5*-1;;;;+3. The summed E-state index contributed by atoms with van der Waals surface area (Å²) in [6, 6.07) is 72.6. The van der Waals surface area contributed by atoms with Crippen molar-refractivity contribution in [1.82, 2.24) is 29.9 Å². The summed E-state index contributed by atoms with van der Waals surface area (Å²) in [4.78, 5) is 34.5. The van der Waals surface area contributed by atoms with Crippen LogP contribution in [0.4, 0.5) is 17.6 Å². The first kappa shape index (κ1) is 84.7. The topological polar surface area (TPSA) is 115 Å². The number of pyridine rings is 6. The van der Waals surface area contributed by atoms with Crippen LogP contribution in [0.15, 0.2) is 238 Å². The molecule has 0 aliphatic rings. The van der Waals surface area contributed by atoms with Gasteiger partial charge in [-0.05, 0) is 71.3 Å². The van der Waals surface area contributed by atoms with Crippen molar-refractivity contribution in [3.05, 3.63) is 313 Å². The number of carbonyl (C=O) groups is 1. The Bertz CT molecular complexity index is 3460. The van der Waals surface area contributed by atoms with E-state index in [4.69, 9.17) is 5.11 Å². The summed E-state index contributed by atoms with van der Waals surface area (Å²) >= 11 is 0. The third-order valence-corrected chi connectivity index (χ3v) is 14.9. The predicted octanol–water partition coefficient (Wildman–Crippen LogP) is 22.8. The van der Waals surface area contributed by atoms with Crippen molar-refractivity contribution in [2.45, 2.75) is 156 Å². The van der Waals surface area contributed by atoms with Crippen LogP contribution in [0.25, 0.3) is 45.0 Å². The van der Waals surface area contributed by atoms with Gasteiger partial charge < -0.3 is 25.0 Å². The van der Waals surface area contributed by atoms with Crippen LogP contribution in [-0.4, -0.2) is 41.0 Å². The smallest absolute Gasteiger partial charge is 0.477 e. The fourth-order valence-corrected chi connectivity index (χ4v) is 9.58. The summed E-state index contributed by atoms with van der Waals surface area (Å²) < 4.78 is 49.6. The van der Waals surface area contributed by atoms with Gasteiger partial charge in [-0.3, -0.25) is 22.5 Å². The number of rotatable bonds is 26. The second-order valence-corrected chi connectivity index (χ2v) is 22.7. The van der Waals surface area contributed by atoms with Crippen molar-refractivity contribution in [3.63, 3.8) is 0 Å². The van der Waals surface area contributed by atoms with Gasteiger partial charge in [-0.1, -0.05) is 228 Å². The maximum atomic E-state index is 13.2. The molecule has 1 N–H and O–H groups in total. The molecule has 0 aliphatic heterocycles. The molecule has 1 radical (unpaired) electrons. The monoisotopic (exact) mass is 1690 g/mol. The zero-order valence-electron chi connectivity index (χ0n) is 57.1.